The maximum Gasteiger partial charge on any atom is 0.241 e. The lowest BCUT2D eigenvalue weighted by Gasteiger charge is -2.04. The van der Waals surface area contributed by atoms with Gasteiger partial charge in [-0.2, -0.15) is 0 Å². The number of nitrogens with one attached hydrogen (secondary N) is 1. The van der Waals surface area contributed by atoms with Gasteiger partial charge in [0.15, 0.2) is 0 Å². The molecule has 2 heteroatoms. The summed E-state index contributed by atoms with van der Waals surface area (Å²) in [7, 11) is 0. The van der Waals surface area contributed by atoms with Gasteiger partial charge in [-0.15, -0.1) is 0 Å². The van der Waals surface area contributed by atoms with Gasteiger partial charge in [-0.25, -0.2) is 0 Å². The minimum absolute atomic E-state index is 0.0492. The van der Waals surface area contributed by atoms with Crippen LogP contribution in [-0.2, 0) is 4.79 Å². The van der Waals surface area contributed by atoms with Crippen LogP contribution in [-0.4, -0.2) is 5.91 Å². The second-order valence-corrected chi connectivity index (χ2v) is 3.11. The third-order valence-electron chi connectivity index (χ3n) is 1.94. The first kappa shape index (κ1) is 10.5. The molecule has 0 heterocycles. The standard InChI is InChI=1S/C9H18NO/c1-3-4-5-6-7-8(2)9(10)11/h8,10H,3-7H2,1-2H3. The average molecular weight is 156 g/mol. The molecule has 1 radical (unpaired) electrons. The van der Waals surface area contributed by atoms with E-state index in [0.29, 0.717) is 0 Å². The highest BCUT2D eigenvalue weighted by atomic mass is 16.1. The quantitative estimate of drug-likeness (QED) is 0.544. The topological polar surface area (TPSA) is 40.9 Å². The molecule has 0 aromatic heterocycles. The lowest BCUT2D eigenvalue weighted by atomic mass is 10.0. The van der Waals surface area contributed by atoms with Crippen molar-refractivity contribution in [2.24, 2.45) is 5.92 Å². The molecular weight excluding hydrogens is 138 g/mol. The van der Waals surface area contributed by atoms with E-state index in [4.69, 9.17) is 5.73 Å². The summed E-state index contributed by atoms with van der Waals surface area (Å²) in [4.78, 5) is 10.5. The maximum absolute atomic E-state index is 10.5. The van der Waals surface area contributed by atoms with Crippen molar-refractivity contribution < 1.29 is 4.79 Å². The van der Waals surface area contributed by atoms with Crippen LogP contribution in [0.5, 0.6) is 0 Å². The van der Waals surface area contributed by atoms with Crippen LogP contribution >= 0.6 is 0 Å². The molecule has 0 aliphatic rings. The zero-order valence-corrected chi connectivity index (χ0v) is 7.52. The Morgan fingerprint density at radius 3 is 2.45 bits per heavy atom. The third kappa shape index (κ3) is 5.89. The number of unbranched alkanes of at least 4 members (excludes halogenated alkanes) is 3. The Balaban J connectivity index is 3.17. The second-order valence-electron chi connectivity index (χ2n) is 3.11. The van der Waals surface area contributed by atoms with Crippen molar-refractivity contribution in [3.05, 3.63) is 0 Å². The van der Waals surface area contributed by atoms with Crippen LogP contribution in [0.4, 0.5) is 0 Å². The molecule has 0 aromatic rings. The van der Waals surface area contributed by atoms with Crippen LogP contribution in [0.25, 0.3) is 0 Å². The van der Waals surface area contributed by atoms with Crippen molar-refractivity contribution in [2.75, 3.05) is 0 Å². The Kier molecular flexibility index (Phi) is 5.90. The normalized spacial score (nSPS) is 12.9. The van der Waals surface area contributed by atoms with E-state index in [1.807, 2.05) is 6.92 Å². The van der Waals surface area contributed by atoms with E-state index in [1.165, 1.54) is 19.3 Å². The molecule has 1 amide bonds. The van der Waals surface area contributed by atoms with Gasteiger partial charge in [0.25, 0.3) is 0 Å². The summed E-state index contributed by atoms with van der Waals surface area (Å²) in [6.07, 6.45) is 5.66. The molecule has 0 aliphatic heterocycles. The minimum Gasteiger partial charge on any atom is -0.273 e. The van der Waals surface area contributed by atoms with Crippen LogP contribution < -0.4 is 5.73 Å². The Morgan fingerprint density at radius 2 is 2.00 bits per heavy atom. The van der Waals surface area contributed by atoms with Crippen LogP contribution in [0.1, 0.15) is 46.0 Å². The maximum atomic E-state index is 10.5. The molecule has 0 spiro atoms. The monoisotopic (exact) mass is 156 g/mol. The van der Waals surface area contributed by atoms with Crippen molar-refractivity contribution in [3.63, 3.8) is 0 Å². The Morgan fingerprint density at radius 1 is 1.36 bits per heavy atom. The highest BCUT2D eigenvalue weighted by molar-refractivity contribution is 5.75. The van der Waals surface area contributed by atoms with Gasteiger partial charge in [-0.05, 0) is 6.42 Å². The zero-order chi connectivity index (χ0) is 8.69. The fourth-order valence-corrected chi connectivity index (χ4v) is 1.01. The smallest absolute Gasteiger partial charge is 0.241 e. The molecule has 0 fully saturated rings. The number of hydrogen-bond donors (Lipinski definition) is 0. The van der Waals surface area contributed by atoms with Gasteiger partial charge in [0.05, 0.1) is 0 Å². The van der Waals surface area contributed by atoms with Crippen LogP contribution in [0.2, 0.25) is 0 Å². The molecule has 1 N–H and O–H groups in total. The molecule has 0 saturated heterocycles. The number of amides is 1. The van der Waals surface area contributed by atoms with E-state index in [0.717, 1.165) is 12.8 Å². The van der Waals surface area contributed by atoms with Crippen molar-refractivity contribution in [3.8, 4) is 0 Å². The molecule has 0 bridgehead atoms. The molecule has 2 nitrogen and oxygen atoms in total. The minimum atomic E-state index is -0.415. The first-order valence-corrected chi connectivity index (χ1v) is 4.44. The van der Waals surface area contributed by atoms with Gasteiger partial charge in [-0.1, -0.05) is 39.5 Å². The molecule has 1 atom stereocenters. The van der Waals surface area contributed by atoms with Gasteiger partial charge in [0.1, 0.15) is 0 Å². The fraction of sp³-hybridized carbons (Fsp3) is 0.889. The van der Waals surface area contributed by atoms with E-state index in [9.17, 15) is 4.79 Å². The van der Waals surface area contributed by atoms with E-state index >= 15 is 0 Å². The van der Waals surface area contributed by atoms with E-state index in [-0.39, 0.29) is 5.92 Å². The van der Waals surface area contributed by atoms with E-state index in [2.05, 4.69) is 6.92 Å². The lowest BCUT2D eigenvalue weighted by Crippen LogP contribution is -2.10. The van der Waals surface area contributed by atoms with Gasteiger partial charge in [-0.3, -0.25) is 10.5 Å². The molecule has 65 valence electrons. The predicted molar refractivity (Wildman–Crippen MR) is 46.0 cm³/mol. The summed E-state index contributed by atoms with van der Waals surface area (Å²) in [6, 6.07) is 0. The van der Waals surface area contributed by atoms with Gasteiger partial charge in [0.2, 0.25) is 5.91 Å². The predicted octanol–water partition coefficient (Wildman–Crippen LogP) is 2.40. The molecule has 1 unspecified atom stereocenters. The highest BCUT2D eigenvalue weighted by Gasteiger charge is 2.07. The van der Waals surface area contributed by atoms with Crippen LogP contribution in [0.15, 0.2) is 0 Å². The first-order chi connectivity index (χ1) is 5.18. The van der Waals surface area contributed by atoms with Crippen molar-refractivity contribution >= 4 is 5.91 Å². The second kappa shape index (κ2) is 6.20. The molecule has 0 aliphatic carbocycles. The third-order valence-corrected chi connectivity index (χ3v) is 1.94. The summed E-state index contributed by atoms with van der Waals surface area (Å²) < 4.78 is 0. The summed E-state index contributed by atoms with van der Waals surface area (Å²) in [5.74, 6) is -0.464. The zero-order valence-electron chi connectivity index (χ0n) is 7.52. The van der Waals surface area contributed by atoms with Gasteiger partial charge >= 0.3 is 0 Å². The summed E-state index contributed by atoms with van der Waals surface area (Å²) in [5.41, 5.74) is 6.83. The lowest BCUT2D eigenvalue weighted by molar-refractivity contribution is -0.122. The van der Waals surface area contributed by atoms with Gasteiger partial charge in [0, 0.05) is 5.92 Å². The molecule has 0 saturated carbocycles. The number of carbonyl (C=O) groups is 1. The Hall–Kier alpha value is -0.530. The van der Waals surface area contributed by atoms with E-state index in [1.54, 1.807) is 0 Å². The van der Waals surface area contributed by atoms with Crippen LogP contribution in [0.3, 0.4) is 0 Å². The van der Waals surface area contributed by atoms with E-state index < -0.39 is 5.91 Å². The average Bonchev–Trinajstić information content (AvgIpc) is 1.97. The molecular formula is C9H18NO. The fourth-order valence-electron chi connectivity index (χ4n) is 1.01. The number of hydrogen-bond acceptors (Lipinski definition) is 1. The van der Waals surface area contributed by atoms with Crippen LogP contribution in [0, 0.1) is 5.92 Å². The SMILES string of the molecule is CCCCCCC(C)C([NH])=O. The summed E-state index contributed by atoms with van der Waals surface area (Å²) >= 11 is 0. The van der Waals surface area contributed by atoms with Crippen molar-refractivity contribution in [1.82, 2.24) is 5.73 Å². The molecule has 0 aromatic carbocycles. The first-order valence-electron chi connectivity index (χ1n) is 4.44. The summed E-state index contributed by atoms with van der Waals surface area (Å²) in [5, 5.41) is 0. The summed E-state index contributed by atoms with van der Waals surface area (Å²) in [6.45, 7) is 4.00. The van der Waals surface area contributed by atoms with Gasteiger partial charge < -0.3 is 0 Å². The molecule has 0 rings (SSSR count). The van der Waals surface area contributed by atoms with Crippen molar-refractivity contribution in [2.45, 2.75) is 46.0 Å². The van der Waals surface area contributed by atoms with Crippen molar-refractivity contribution in [1.29, 1.82) is 0 Å². The Bertz CT molecular complexity index is 112. The highest BCUT2D eigenvalue weighted by Crippen LogP contribution is 2.09. The largest absolute Gasteiger partial charge is 0.273 e. The molecule has 11 heavy (non-hydrogen) atoms. The number of rotatable bonds is 6. The Labute approximate surface area is 69.2 Å². The number of carbonyl (C=O) groups excluding carboxylic acids is 1.